The van der Waals surface area contributed by atoms with Crippen LogP contribution in [-0.4, -0.2) is 70.2 Å². The number of hydrogen-bond acceptors (Lipinski definition) is 3. The lowest BCUT2D eigenvalue weighted by molar-refractivity contribution is -0.159. The third kappa shape index (κ3) is 2.29. The molecule has 0 unspecified atom stereocenters. The van der Waals surface area contributed by atoms with Crippen LogP contribution in [0.3, 0.4) is 0 Å². The molecule has 3 rings (SSSR count). The highest BCUT2D eigenvalue weighted by molar-refractivity contribution is 5.97. The summed E-state index contributed by atoms with van der Waals surface area (Å²) in [4.78, 5) is 42.8. The van der Waals surface area contributed by atoms with Crippen molar-refractivity contribution < 1.29 is 14.4 Å². The minimum Gasteiger partial charge on any atom is -0.341 e. The monoisotopic (exact) mass is 307 g/mol. The molecule has 6 nitrogen and oxygen atoms in total. The number of hydrogen-bond donors (Lipinski definition) is 0. The van der Waals surface area contributed by atoms with Crippen LogP contribution < -0.4 is 0 Å². The molecule has 3 fully saturated rings. The van der Waals surface area contributed by atoms with E-state index in [9.17, 15) is 14.4 Å². The van der Waals surface area contributed by atoms with Gasteiger partial charge in [-0.05, 0) is 32.6 Å². The second-order valence-corrected chi connectivity index (χ2v) is 6.64. The lowest BCUT2D eigenvalue weighted by Crippen LogP contribution is -2.64. The molecular formula is C16H25N3O3. The molecule has 0 aromatic rings. The molecule has 2 saturated heterocycles. The normalized spacial score (nSPS) is 24.8. The Morgan fingerprint density at radius 2 is 1.77 bits per heavy atom. The van der Waals surface area contributed by atoms with E-state index >= 15 is 0 Å². The predicted octanol–water partition coefficient (Wildman–Crippen LogP) is 0.611. The van der Waals surface area contributed by atoms with Crippen LogP contribution in [0.5, 0.6) is 0 Å². The number of carbonyl (C=O) groups excluding carboxylic acids is 3. The minimum atomic E-state index is -0.634. The molecule has 0 aromatic heterocycles. The van der Waals surface area contributed by atoms with Gasteiger partial charge in [0.25, 0.3) is 0 Å². The molecule has 0 aromatic carbocycles. The van der Waals surface area contributed by atoms with Crippen molar-refractivity contribution >= 4 is 17.7 Å². The molecule has 0 N–H and O–H groups in total. The fraction of sp³-hybridized carbons (Fsp3) is 0.812. The van der Waals surface area contributed by atoms with Gasteiger partial charge in [0.2, 0.25) is 17.7 Å². The Labute approximate surface area is 131 Å². The molecule has 1 aliphatic carbocycles. The average Bonchev–Trinajstić information content (AvgIpc) is 3.11. The zero-order valence-electron chi connectivity index (χ0n) is 13.5. The van der Waals surface area contributed by atoms with Crippen LogP contribution in [0.25, 0.3) is 0 Å². The number of nitrogens with zero attached hydrogens (tertiary/aromatic N) is 3. The van der Waals surface area contributed by atoms with Gasteiger partial charge in [-0.3, -0.25) is 14.4 Å². The van der Waals surface area contributed by atoms with Gasteiger partial charge in [0.15, 0.2) is 0 Å². The number of carbonyl (C=O) groups is 3. The minimum absolute atomic E-state index is 0.0272. The SMILES string of the molecule is CCC(=O)N1CCN([C@H](C)C(=O)N2CCCC2)C(=O)C12CC2. The van der Waals surface area contributed by atoms with Crippen molar-refractivity contribution in [2.24, 2.45) is 0 Å². The quantitative estimate of drug-likeness (QED) is 0.767. The molecular weight excluding hydrogens is 282 g/mol. The second kappa shape index (κ2) is 5.56. The van der Waals surface area contributed by atoms with Crippen molar-refractivity contribution in [3.63, 3.8) is 0 Å². The van der Waals surface area contributed by atoms with Gasteiger partial charge in [-0.25, -0.2) is 0 Å². The molecule has 3 amide bonds. The number of likely N-dealkylation sites (tertiary alicyclic amines) is 1. The Hall–Kier alpha value is -1.59. The van der Waals surface area contributed by atoms with E-state index in [1.54, 1.807) is 9.80 Å². The summed E-state index contributed by atoms with van der Waals surface area (Å²) >= 11 is 0. The summed E-state index contributed by atoms with van der Waals surface area (Å²) in [5.74, 6) is 0.0709. The highest BCUT2D eigenvalue weighted by Crippen LogP contribution is 2.46. The summed E-state index contributed by atoms with van der Waals surface area (Å²) < 4.78 is 0. The van der Waals surface area contributed by atoms with Crippen LogP contribution in [0.2, 0.25) is 0 Å². The average molecular weight is 307 g/mol. The maximum atomic E-state index is 12.9. The third-order valence-electron chi connectivity index (χ3n) is 5.31. The summed E-state index contributed by atoms with van der Waals surface area (Å²) in [5.41, 5.74) is -0.634. The molecule has 3 aliphatic rings. The Bertz CT molecular complexity index is 495. The molecule has 1 spiro atoms. The van der Waals surface area contributed by atoms with Crippen molar-refractivity contribution in [2.75, 3.05) is 26.2 Å². The summed E-state index contributed by atoms with van der Waals surface area (Å²) in [6.45, 7) is 6.28. The van der Waals surface area contributed by atoms with E-state index < -0.39 is 11.6 Å². The summed E-state index contributed by atoms with van der Waals surface area (Å²) in [7, 11) is 0. The highest BCUT2D eigenvalue weighted by atomic mass is 16.2. The van der Waals surface area contributed by atoms with Gasteiger partial charge in [-0.15, -0.1) is 0 Å². The number of amides is 3. The first-order valence-electron chi connectivity index (χ1n) is 8.41. The lowest BCUT2D eigenvalue weighted by Gasteiger charge is -2.43. The van der Waals surface area contributed by atoms with Gasteiger partial charge >= 0.3 is 0 Å². The molecule has 0 bridgehead atoms. The van der Waals surface area contributed by atoms with Crippen LogP contribution in [0.1, 0.15) is 46.0 Å². The number of piperazine rings is 1. The van der Waals surface area contributed by atoms with Crippen LogP contribution in [0.15, 0.2) is 0 Å². The van der Waals surface area contributed by atoms with E-state index in [1.807, 2.05) is 18.7 Å². The first-order chi connectivity index (χ1) is 10.5. The van der Waals surface area contributed by atoms with Gasteiger partial charge in [-0.2, -0.15) is 0 Å². The van der Waals surface area contributed by atoms with E-state index in [1.165, 1.54) is 0 Å². The van der Waals surface area contributed by atoms with Gasteiger partial charge in [0.05, 0.1) is 0 Å². The van der Waals surface area contributed by atoms with Crippen molar-refractivity contribution in [1.82, 2.24) is 14.7 Å². The molecule has 2 aliphatic heterocycles. The zero-order chi connectivity index (χ0) is 15.9. The summed E-state index contributed by atoms with van der Waals surface area (Å²) in [6.07, 6.45) is 4.00. The van der Waals surface area contributed by atoms with E-state index in [2.05, 4.69) is 0 Å². The van der Waals surface area contributed by atoms with Gasteiger partial charge in [-0.1, -0.05) is 6.92 Å². The molecule has 1 saturated carbocycles. The summed E-state index contributed by atoms with van der Waals surface area (Å²) in [6, 6.07) is -0.415. The topological polar surface area (TPSA) is 60.9 Å². The van der Waals surface area contributed by atoms with Gasteiger partial charge < -0.3 is 14.7 Å². The van der Waals surface area contributed by atoms with Crippen molar-refractivity contribution in [3.05, 3.63) is 0 Å². The molecule has 122 valence electrons. The Morgan fingerprint density at radius 3 is 2.32 bits per heavy atom. The maximum absolute atomic E-state index is 12.9. The first-order valence-corrected chi connectivity index (χ1v) is 8.41. The van der Waals surface area contributed by atoms with E-state index in [4.69, 9.17) is 0 Å². The maximum Gasteiger partial charge on any atom is 0.249 e. The highest BCUT2D eigenvalue weighted by Gasteiger charge is 2.60. The van der Waals surface area contributed by atoms with Crippen LogP contribution >= 0.6 is 0 Å². The fourth-order valence-electron chi connectivity index (χ4n) is 3.77. The third-order valence-corrected chi connectivity index (χ3v) is 5.31. The van der Waals surface area contributed by atoms with E-state index in [0.717, 1.165) is 38.8 Å². The van der Waals surface area contributed by atoms with Crippen molar-refractivity contribution in [2.45, 2.75) is 57.5 Å². The largest absolute Gasteiger partial charge is 0.341 e. The molecule has 22 heavy (non-hydrogen) atoms. The van der Waals surface area contributed by atoms with Crippen LogP contribution in [0.4, 0.5) is 0 Å². The molecule has 2 heterocycles. The van der Waals surface area contributed by atoms with Crippen molar-refractivity contribution in [3.8, 4) is 0 Å². The second-order valence-electron chi connectivity index (χ2n) is 6.64. The lowest BCUT2D eigenvalue weighted by atomic mass is 10.1. The zero-order valence-corrected chi connectivity index (χ0v) is 13.5. The fourth-order valence-corrected chi connectivity index (χ4v) is 3.77. The standard InChI is InChI=1S/C16H25N3O3/c1-3-13(20)19-11-10-18(15(22)16(19)6-7-16)12(2)14(21)17-8-4-5-9-17/h12H,3-11H2,1-2H3/t12-/m1/s1. The van der Waals surface area contributed by atoms with Gasteiger partial charge in [0.1, 0.15) is 11.6 Å². The van der Waals surface area contributed by atoms with Crippen LogP contribution in [0, 0.1) is 0 Å². The van der Waals surface area contributed by atoms with Gasteiger partial charge in [0, 0.05) is 32.6 Å². The molecule has 0 radical (unpaired) electrons. The summed E-state index contributed by atoms with van der Waals surface area (Å²) in [5, 5.41) is 0. The predicted molar refractivity (Wildman–Crippen MR) is 81.0 cm³/mol. The van der Waals surface area contributed by atoms with Crippen molar-refractivity contribution in [1.29, 1.82) is 0 Å². The Kier molecular flexibility index (Phi) is 3.87. The molecule has 6 heteroatoms. The first kappa shape index (κ1) is 15.3. The Balaban J connectivity index is 1.72. The molecule has 1 atom stereocenters. The number of rotatable bonds is 3. The smallest absolute Gasteiger partial charge is 0.249 e. The van der Waals surface area contributed by atoms with E-state index in [0.29, 0.717) is 19.5 Å². The Morgan fingerprint density at radius 1 is 1.14 bits per heavy atom. The van der Waals surface area contributed by atoms with Crippen LogP contribution in [-0.2, 0) is 14.4 Å². The van der Waals surface area contributed by atoms with E-state index in [-0.39, 0.29) is 17.7 Å².